The molecule has 0 radical (unpaired) electrons. The summed E-state index contributed by atoms with van der Waals surface area (Å²) in [6.45, 7) is 3.97. The average molecular weight is 376 g/mol. The van der Waals surface area contributed by atoms with Gasteiger partial charge in [-0.2, -0.15) is 5.10 Å². The molecule has 5 nitrogen and oxygen atoms in total. The Morgan fingerprint density at radius 2 is 1.85 bits per heavy atom. The van der Waals surface area contributed by atoms with Gasteiger partial charge < -0.3 is 4.90 Å². The quantitative estimate of drug-likeness (QED) is 0.520. The fourth-order valence-electron chi connectivity index (χ4n) is 3.83. The third-order valence-corrected chi connectivity index (χ3v) is 6.28. The smallest absolute Gasteiger partial charge is 0.141 e. The Labute approximate surface area is 162 Å². The van der Waals surface area contributed by atoms with Crippen molar-refractivity contribution in [1.29, 1.82) is 0 Å². The number of thiophene rings is 1. The summed E-state index contributed by atoms with van der Waals surface area (Å²) in [7, 11) is 0. The largest absolute Gasteiger partial charge is 0.356 e. The maximum Gasteiger partial charge on any atom is 0.141 e. The number of piperidine rings is 1. The van der Waals surface area contributed by atoms with E-state index in [2.05, 4.69) is 57.3 Å². The highest BCUT2D eigenvalue weighted by atomic mass is 32.1. The zero-order valence-corrected chi connectivity index (χ0v) is 16.1. The van der Waals surface area contributed by atoms with Crippen LogP contribution >= 0.6 is 11.3 Å². The molecule has 4 heterocycles. The predicted octanol–water partition coefficient (Wildman–Crippen LogP) is 4.70. The standard InChI is InChI=1S/C21H21N5S/c1-15-23-20(25-12-8-17(9-13-25)26-11-5-10-22-26)18-14-19(27-21(18)24-15)16-6-3-2-4-7-16/h2-7,10-11,14,17H,8-9,12-13H2,1H3. The summed E-state index contributed by atoms with van der Waals surface area (Å²) < 4.78 is 2.09. The topological polar surface area (TPSA) is 46.8 Å². The first-order valence-corrected chi connectivity index (χ1v) is 10.2. The van der Waals surface area contributed by atoms with Crippen molar-refractivity contribution in [2.45, 2.75) is 25.8 Å². The SMILES string of the molecule is Cc1nc(N2CCC(n3cccn3)CC2)c2cc(-c3ccccc3)sc2n1. The molecule has 0 saturated carbocycles. The predicted molar refractivity (Wildman–Crippen MR) is 110 cm³/mol. The molecule has 4 aromatic rings. The molecule has 0 bridgehead atoms. The molecule has 1 aliphatic heterocycles. The number of hydrogen-bond acceptors (Lipinski definition) is 5. The Morgan fingerprint density at radius 3 is 2.59 bits per heavy atom. The van der Waals surface area contributed by atoms with Crippen molar-refractivity contribution < 1.29 is 0 Å². The molecule has 27 heavy (non-hydrogen) atoms. The second-order valence-corrected chi connectivity index (χ2v) is 8.02. The highest BCUT2D eigenvalue weighted by molar-refractivity contribution is 7.21. The molecule has 5 rings (SSSR count). The Hall–Kier alpha value is -2.73. The number of rotatable bonds is 3. The highest BCUT2D eigenvalue weighted by Crippen LogP contribution is 2.37. The van der Waals surface area contributed by atoms with E-state index in [1.54, 1.807) is 11.3 Å². The van der Waals surface area contributed by atoms with Crippen LogP contribution in [0, 0.1) is 6.92 Å². The summed E-state index contributed by atoms with van der Waals surface area (Å²) in [5, 5.41) is 5.58. The van der Waals surface area contributed by atoms with Crippen molar-refractivity contribution in [2.75, 3.05) is 18.0 Å². The van der Waals surface area contributed by atoms with E-state index in [4.69, 9.17) is 9.97 Å². The highest BCUT2D eigenvalue weighted by Gasteiger charge is 2.24. The molecule has 1 aromatic carbocycles. The minimum absolute atomic E-state index is 0.483. The zero-order chi connectivity index (χ0) is 18.2. The van der Waals surface area contributed by atoms with Gasteiger partial charge in [-0.1, -0.05) is 30.3 Å². The van der Waals surface area contributed by atoms with Gasteiger partial charge in [0.1, 0.15) is 16.5 Å². The summed E-state index contributed by atoms with van der Waals surface area (Å²) in [5.41, 5.74) is 1.24. The van der Waals surface area contributed by atoms with E-state index in [-0.39, 0.29) is 0 Å². The van der Waals surface area contributed by atoms with Crippen LogP contribution in [0.25, 0.3) is 20.7 Å². The molecule has 136 valence electrons. The summed E-state index contributed by atoms with van der Waals surface area (Å²) >= 11 is 1.75. The lowest BCUT2D eigenvalue weighted by Gasteiger charge is -2.33. The Morgan fingerprint density at radius 1 is 1.04 bits per heavy atom. The molecule has 6 heteroatoms. The van der Waals surface area contributed by atoms with Gasteiger partial charge in [0.05, 0.1) is 11.4 Å². The Bertz CT molecular complexity index is 1050. The normalized spacial score (nSPS) is 15.5. The number of anilines is 1. The lowest BCUT2D eigenvalue weighted by molar-refractivity contribution is 0.366. The lowest BCUT2D eigenvalue weighted by atomic mass is 10.0. The average Bonchev–Trinajstić information content (AvgIpc) is 3.38. The zero-order valence-electron chi connectivity index (χ0n) is 15.2. The lowest BCUT2D eigenvalue weighted by Crippen LogP contribution is -2.35. The van der Waals surface area contributed by atoms with Crippen molar-refractivity contribution in [3.05, 3.63) is 60.7 Å². The number of aromatic nitrogens is 4. The molecule has 1 fully saturated rings. The van der Waals surface area contributed by atoms with Gasteiger partial charge in [0.2, 0.25) is 0 Å². The number of benzene rings is 1. The minimum atomic E-state index is 0.483. The van der Waals surface area contributed by atoms with Gasteiger partial charge in [0.25, 0.3) is 0 Å². The van der Waals surface area contributed by atoms with Gasteiger partial charge in [-0.15, -0.1) is 11.3 Å². The van der Waals surface area contributed by atoms with Crippen molar-refractivity contribution in [2.24, 2.45) is 0 Å². The number of hydrogen-bond donors (Lipinski definition) is 0. The molecule has 1 saturated heterocycles. The van der Waals surface area contributed by atoms with E-state index < -0.39 is 0 Å². The summed E-state index contributed by atoms with van der Waals surface area (Å²) in [6.07, 6.45) is 6.10. The van der Waals surface area contributed by atoms with Gasteiger partial charge >= 0.3 is 0 Å². The first-order chi connectivity index (χ1) is 13.3. The van der Waals surface area contributed by atoms with E-state index in [1.807, 2.05) is 19.2 Å². The minimum Gasteiger partial charge on any atom is -0.356 e. The Kier molecular flexibility index (Phi) is 4.13. The maximum absolute atomic E-state index is 4.82. The van der Waals surface area contributed by atoms with Gasteiger partial charge in [-0.05, 0) is 37.5 Å². The molecule has 0 amide bonds. The summed E-state index contributed by atoms with van der Waals surface area (Å²) in [4.78, 5) is 14.3. The fourth-order valence-corrected chi connectivity index (χ4v) is 4.91. The van der Waals surface area contributed by atoms with Gasteiger partial charge in [-0.25, -0.2) is 9.97 Å². The van der Waals surface area contributed by atoms with Crippen molar-refractivity contribution in [1.82, 2.24) is 19.7 Å². The van der Waals surface area contributed by atoms with E-state index in [0.29, 0.717) is 6.04 Å². The summed E-state index contributed by atoms with van der Waals surface area (Å²) in [6, 6.07) is 15.3. The van der Waals surface area contributed by atoms with Crippen LogP contribution in [0.2, 0.25) is 0 Å². The van der Waals surface area contributed by atoms with Crippen LogP contribution in [0.5, 0.6) is 0 Å². The molecule has 0 N–H and O–H groups in total. The third kappa shape index (κ3) is 3.10. The molecule has 0 atom stereocenters. The maximum atomic E-state index is 4.82. The monoisotopic (exact) mass is 375 g/mol. The molecule has 0 unspecified atom stereocenters. The van der Waals surface area contributed by atoms with Crippen LogP contribution < -0.4 is 4.90 Å². The second kappa shape index (κ2) is 6.78. The molecule has 0 aliphatic carbocycles. The van der Waals surface area contributed by atoms with E-state index in [0.717, 1.165) is 42.4 Å². The van der Waals surface area contributed by atoms with Gasteiger partial charge in [0.15, 0.2) is 0 Å². The Balaban J connectivity index is 1.47. The van der Waals surface area contributed by atoms with Crippen LogP contribution in [0.1, 0.15) is 24.7 Å². The fraction of sp³-hybridized carbons (Fsp3) is 0.286. The molecular formula is C21H21N5S. The summed E-state index contributed by atoms with van der Waals surface area (Å²) in [5.74, 6) is 1.92. The molecule has 3 aromatic heterocycles. The first-order valence-electron chi connectivity index (χ1n) is 9.35. The van der Waals surface area contributed by atoms with Crippen LogP contribution in [0.15, 0.2) is 54.9 Å². The third-order valence-electron chi connectivity index (χ3n) is 5.21. The van der Waals surface area contributed by atoms with Crippen molar-refractivity contribution >= 4 is 27.4 Å². The van der Waals surface area contributed by atoms with E-state index in [9.17, 15) is 0 Å². The van der Waals surface area contributed by atoms with Crippen LogP contribution in [-0.4, -0.2) is 32.8 Å². The van der Waals surface area contributed by atoms with Crippen molar-refractivity contribution in [3.8, 4) is 10.4 Å². The van der Waals surface area contributed by atoms with Gasteiger partial charge in [-0.3, -0.25) is 4.68 Å². The number of nitrogens with zero attached hydrogens (tertiary/aromatic N) is 5. The molecule has 0 spiro atoms. The number of aryl methyl sites for hydroxylation is 1. The van der Waals surface area contributed by atoms with Crippen LogP contribution in [0.4, 0.5) is 5.82 Å². The van der Waals surface area contributed by atoms with E-state index in [1.165, 1.54) is 15.8 Å². The molecular weight excluding hydrogens is 354 g/mol. The second-order valence-electron chi connectivity index (χ2n) is 6.99. The van der Waals surface area contributed by atoms with Gasteiger partial charge in [0, 0.05) is 30.4 Å². The number of fused-ring (bicyclic) bond motifs is 1. The molecule has 1 aliphatic rings. The first kappa shape index (κ1) is 16.4. The van der Waals surface area contributed by atoms with Crippen LogP contribution in [-0.2, 0) is 0 Å². The van der Waals surface area contributed by atoms with E-state index >= 15 is 0 Å². The van der Waals surface area contributed by atoms with Crippen molar-refractivity contribution in [3.63, 3.8) is 0 Å². The van der Waals surface area contributed by atoms with Crippen LogP contribution in [0.3, 0.4) is 0 Å².